The standard InChI is InChI=1S/C14H23N3/c1-14(2)7-5-9-17(14)11-13-12(10-15-3)6-4-8-16-13/h4,6,8,15H,5,7,9-11H2,1-3H3. The topological polar surface area (TPSA) is 28.2 Å². The Balaban J connectivity index is 2.12. The molecule has 1 aliphatic heterocycles. The van der Waals surface area contributed by atoms with Crippen molar-refractivity contribution in [2.45, 2.75) is 45.3 Å². The summed E-state index contributed by atoms with van der Waals surface area (Å²) in [7, 11) is 1.98. The number of aromatic nitrogens is 1. The Kier molecular flexibility index (Phi) is 3.79. The summed E-state index contributed by atoms with van der Waals surface area (Å²) in [5.74, 6) is 0. The van der Waals surface area contributed by atoms with Crippen LogP contribution in [-0.4, -0.2) is 29.0 Å². The summed E-state index contributed by atoms with van der Waals surface area (Å²) in [6.45, 7) is 7.74. The van der Waals surface area contributed by atoms with Crippen LogP contribution >= 0.6 is 0 Å². The van der Waals surface area contributed by atoms with Crippen LogP contribution in [0.4, 0.5) is 0 Å². The maximum absolute atomic E-state index is 4.54. The minimum atomic E-state index is 0.328. The van der Waals surface area contributed by atoms with E-state index in [0.29, 0.717) is 5.54 Å². The highest BCUT2D eigenvalue weighted by Crippen LogP contribution is 2.29. The molecule has 0 spiro atoms. The summed E-state index contributed by atoms with van der Waals surface area (Å²) < 4.78 is 0. The van der Waals surface area contributed by atoms with Crippen LogP contribution in [0.15, 0.2) is 18.3 Å². The molecule has 2 rings (SSSR count). The molecule has 1 aromatic heterocycles. The Bertz CT molecular complexity index is 373. The van der Waals surface area contributed by atoms with Crippen molar-refractivity contribution >= 4 is 0 Å². The number of hydrogen-bond acceptors (Lipinski definition) is 3. The first-order valence-electron chi connectivity index (χ1n) is 6.46. The second kappa shape index (κ2) is 5.15. The van der Waals surface area contributed by atoms with E-state index in [1.807, 2.05) is 19.3 Å². The van der Waals surface area contributed by atoms with Crippen LogP contribution in [0.3, 0.4) is 0 Å². The van der Waals surface area contributed by atoms with Gasteiger partial charge in [-0.05, 0) is 51.9 Å². The molecule has 1 saturated heterocycles. The Hall–Kier alpha value is -0.930. The van der Waals surface area contributed by atoms with Crippen molar-refractivity contribution < 1.29 is 0 Å². The van der Waals surface area contributed by atoms with Crippen molar-refractivity contribution in [2.24, 2.45) is 0 Å². The lowest BCUT2D eigenvalue weighted by Gasteiger charge is -2.31. The van der Waals surface area contributed by atoms with E-state index in [4.69, 9.17) is 0 Å². The number of hydrogen-bond donors (Lipinski definition) is 1. The van der Waals surface area contributed by atoms with Crippen molar-refractivity contribution in [3.8, 4) is 0 Å². The predicted molar refractivity (Wildman–Crippen MR) is 70.7 cm³/mol. The lowest BCUT2D eigenvalue weighted by Crippen LogP contribution is -2.38. The third-order valence-electron chi connectivity index (χ3n) is 3.77. The summed E-state index contributed by atoms with van der Waals surface area (Å²) in [5, 5.41) is 3.21. The molecule has 0 aliphatic carbocycles. The molecule has 3 nitrogen and oxygen atoms in total. The molecule has 94 valence electrons. The molecule has 0 saturated carbocycles. The van der Waals surface area contributed by atoms with Crippen molar-refractivity contribution in [3.63, 3.8) is 0 Å². The van der Waals surface area contributed by atoms with Crippen LogP contribution in [-0.2, 0) is 13.1 Å². The molecule has 0 aromatic carbocycles. The van der Waals surface area contributed by atoms with E-state index in [1.54, 1.807) is 0 Å². The van der Waals surface area contributed by atoms with Gasteiger partial charge >= 0.3 is 0 Å². The number of likely N-dealkylation sites (tertiary alicyclic amines) is 1. The van der Waals surface area contributed by atoms with Crippen LogP contribution in [0, 0.1) is 0 Å². The molecule has 0 amide bonds. The normalized spacial score (nSPS) is 19.7. The molecule has 1 aromatic rings. The second-order valence-corrected chi connectivity index (χ2v) is 5.48. The Morgan fingerprint density at radius 3 is 2.94 bits per heavy atom. The number of pyridine rings is 1. The van der Waals surface area contributed by atoms with Gasteiger partial charge in [0.05, 0.1) is 5.69 Å². The van der Waals surface area contributed by atoms with E-state index in [-0.39, 0.29) is 0 Å². The van der Waals surface area contributed by atoms with Crippen molar-refractivity contribution in [3.05, 3.63) is 29.6 Å². The van der Waals surface area contributed by atoms with Crippen LogP contribution in [0.25, 0.3) is 0 Å². The van der Waals surface area contributed by atoms with Gasteiger partial charge in [-0.1, -0.05) is 6.07 Å². The lowest BCUT2D eigenvalue weighted by atomic mass is 10.0. The molecule has 0 unspecified atom stereocenters. The fourth-order valence-electron chi connectivity index (χ4n) is 2.60. The Morgan fingerprint density at radius 2 is 2.29 bits per heavy atom. The highest BCUT2D eigenvalue weighted by atomic mass is 15.2. The van der Waals surface area contributed by atoms with Crippen LogP contribution in [0.5, 0.6) is 0 Å². The second-order valence-electron chi connectivity index (χ2n) is 5.48. The molecular formula is C14H23N3. The Labute approximate surface area is 104 Å². The Morgan fingerprint density at radius 1 is 1.47 bits per heavy atom. The van der Waals surface area contributed by atoms with Gasteiger partial charge in [-0.15, -0.1) is 0 Å². The zero-order chi connectivity index (χ0) is 12.3. The molecule has 0 bridgehead atoms. The van der Waals surface area contributed by atoms with Gasteiger partial charge < -0.3 is 5.32 Å². The molecule has 1 aliphatic rings. The molecule has 1 fully saturated rings. The minimum Gasteiger partial charge on any atom is -0.316 e. The van der Waals surface area contributed by atoms with Crippen molar-refractivity contribution in [1.82, 2.24) is 15.2 Å². The van der Waals surface area contributed by atoms with Gasteiger partial charge in [-0.25, -0.2) is 0 Å². The summed E-state index contributed by atoms with van der Waals surface area (Å²) >= 11 is 0. The zero-order valence-electron chi connectivity index (χ0n) is 11.2. The smallest absolute Gasteiger partial charge is 0.0589 e. The first-order valence-corrected chi connectivity index (χ1v) is 6.46. The van der Waals surface area contributed by atoms with Gasteiger partial charge in [0.2, 0.25) is 0 Å². The van der Waals surface area contributed by atoms with Gasteiger partial charge in [0, 0.05) is 24.8 Å². The summed E-state index contributed by atoms with van der Waals surface area (Å²) in [5.41, 5.74) is 2.86. The molecule has 0 radical (unpaired) electrons. The van der Waals surface area contributed by atoms with Crippen molar-refractivity contribution in [2.75, 3.05) is 13.6 Å². The van der Waals surface area contributed by atoms with Gasteiger partial charge in [-0.2, -0.15) is 0 Å². The van der Waals surface area contributed by atoms with Crippen molar-refractivity contribution in [1.29, 1.82) is 0 Å². The minimum absolute atomic E-state index is 0.328. The average Bonchev–Trinajstić information content (AvgIpc) is 2.61. The number of rotatable bonds is 4. The predicted octanol–water partition coefficient (Wildman–Crippen LogP) is 2.18. The molecule has 2 heterocycles. The number of nitrogens with one attached hydrogen (secondary N) is 1. The fourth-order valence-corrected chi connectivity index (χ4v) is 2.60. The summed E-state index contributed by atoms with van der Waals surface area (Å²) in [6, 6.07) is 4.19. The zero-order valence-corrected chi connectivity index (χ0v) is 11.2. The average molecular weight is 233 g/mol. The molecule has 0 atom stereocenters. The largest absolute Gasteiger partial charge is 0.316 e. The van der Waals surface area contributed by atoms with E-state index >= 15 is 0 Å². The van der Waals surface area contributed by atoms with Crippen LogP contribution in [0.1, 0.15) is 37.9 Å². The van der Waals surface area contributed by atoms with E-state index in [2.05, 4.69) is 35.1 Å². The van der Waals surface area contributed by atoms with Crippen LogP contribution < -0.4 is 5.32 Å². The van der Waals surface area contributed by atoms with Gasteiger partial charge in [0.1, 0.15) is 0 Å². The highest BCUT2D eigenvalue weighted by molar-refractivity contribution is 5.20. The third-order valence-corrected chi connectivity index (χ3v) is 3.77. The maximum Gasteiger partial charge on any atom is 0.0589 e. The van der Waals surface area contributed by atoms with E-state index in [0.717, 1.165) is 13.1 Å². The molecule has 17 heavy (non-hydrogen) atoms. The van der Waals surface area contributed by atoms with E-state index in [9.17, 15) is 0 Å². The summed E-state index contributed by atoms with van der Waals surface area (Å²) in [6.07, 6.45) is 4.50. The first kappa shape index (κ1) is 12.5. The monoisotopic (exact) mass is 233 g/mol. The van der Waals surface area contributed by atoms with Crippen LogP contribution in [0.2, 0.25) is 0 Å². The molecule has 1 N–H and O–H groups in total. The summed E-state index contributed by atoms with van der Waals surface area (Å²) in [4.78, 5) is 7.09. The van der Waals surface area contributed by atoms with E-state index < -0.39 is 0 Å². The maximum atomic E-state index is 4.54. The lowest BCUT2D eigenvalue weighted by molar-refractivity contribution is 0.164. The molecule has 3 heteroatoms. The highest BCUT2D eigenvalue weighted by Gasteiger charge is 2.32. The van der Waals surface area contributed by atoms with Gasteiger partial charge in [-0.3, -0.25) is 9.88 Å². The number of nitrogens with zero attached hydrogens (tertiary/aromatic N) is 2. The molecular weight excluding hydrogens is 210 g/mol. The first-order chi connectivity index (χ1) is 8.13. The quantitative estimate of drug-likeness (QED) is 0.864. The SMILES string of the molecule is CNCc1cccnc1CN1CCCC1(C)C. The fraction of sp³-hybridized carbons (Fsp3) is 0.643. The van der Waals surface area contributed by atoms with Gasteiger partial charge in [0.25, 0.3) is 0 Å². The van der Waals surface area contributed by atoms with E-state index in [1.165, 1.54) is 30.6 Å². The van der Waals surface area contributed by atoms with Gasteiger partial charge in [0.15, 0.2) is 0 Å². The third kappa shape index (κ3) is 2.85.